The number of piperidine rings is 1. The maximum atomic E-state index is 12.9. The molecular weight excluding hydrogens is 376 g/mol. The van der Waals surface area contributed by atoms with Gasteiger partial charge in [0.2, 0.25) is 11.8 Å². The Morgan fingerprint density at radius 1 is 1.17 bits per heavy atom. The molecule has 2 heterocycles. The van der Waals surface area contributed by atoms with E-state index in [2.05, 4.69) is 16.0 Å². The van der Waals surface area contributed by atoms with Crippen molar-refractivity contribution in [3.05, 3.63) is 34.9 Å². The number of nitrogens with one attached hydrogen (secondary N) is 3. The van der Waals surface area contributed by atoms with E-state index in [1.807, 2.05) is 20.8 Å². The molecule has 156 valence electrons. The molecule has 0 aromatic heterocycles. The van der Waals surface area contributed by atoms with Gasteiger partial charge in [-0.25, -0.2) is 4.79 Å². The third kappa shape index (κ3) is 4.44. The molecule has 1 aromatic rings. The minimum Gasteiger partial charge on any atom is -0.334 e. The zero-order valence-electron chi connectivity index (χ0n) is 15.9. The van der Waals surface area contributed by atoms with E-state index in [4.69, 9.17) is 0 Å². The van der Waals surface area contributed by atoms with Gasteiger partial charge in [-0.1, -0.05) is 19.6 Å². The van der Waals surface area contributed by atoms with Crippen LogP contribution < -0.4 is 16.0 Å². The van der Waals surface area contributed by atoms with E-state index in [-0.39, 0.29) is 37.9 Å². The van der Waals surface area contributed by atoms with Crippen LogP contribution in [0.3, 0.4) is 0 Å². The van der Waals surface area contributed by atoms with Gasteiger partial charge >= 0.3 is 6.03 Å². The van der Waals surface area contributed by atoms with E-state index in [0.717, 1.165) is 4.90 Å². The zero-order chi connectivity index (χ0) is 20.6. The van der Waals surface area contributed by atoms with E-state index in [9.17, 15) is 24.0 Å². The number of carbonyl (C=O) groups excluding carboxylic acids is 5. The van der Waals surface area contributed by atoms with Crippen LogP contribution in [-0.4, -0.2) is 46.1 Å². The van der Waals surface area contributed by atoms with Gasteiger partial charge in [-0.2, -0.15) is 0 Å². The molecule has 1 aromatic carbocycles. The van der Waals surface area contributed by atoms with Crippen LogP contribution in [0.25, 0.3) is 0 Å². The van der Waals surface area contributed by atoms with Gasteiger partial charge in [0.1, 0.15) is 6.04 Å². The number of fused-ring (bicyclic) bond motifs is 1. The second-order valence-electron chi connectivity index (χ2n) is 7.84. The molecule has 0 aliphatic carbocycles. The Labute approximate surface area is 169 Å². The molecule has 2 aliphatic heterocycles. The Hall–Kier alpha value is -3.23. The minimum absolute atomic E-state index is 0. The molecule has 0 saturated carbocycles. The number of benzene rings is 1. The Bertz CT molecular complexity index is 887. The lowest BCUT2D eigenvalue weighted by Gasteiger charge is -2.27. The highest BCUT2D eigenvalue weighted by atomic mass is 16.2. The molecule has 3 N–H and O–H groups in total. The van der Waals surface area contributed by atoms with Gasteiger partial charge in [0.25, 0.3) is 11.8 Å². The van der Waals surface area contributed by atoms with E-state index in [1.165, 1.54) is 6.07 Å². The predicted octanol–water partition coefficient (Wildman–Crippen LogP) is 1.32. The number of amides is 6. The lowest BCUT2D eigenvalue weighted by molar-refractivity contribution is -0.136. The molecule has 1 atom stereocenters. The molecular formula is C20H26N4O5. The third-order valence-corrected chi connectivity index (χ3v) is 4.48. The molecule has 9 nitrogen and oxygen atoms in total. The summed E-state index contributed by atoms with van der Waals surface area (Å²) < 4.78 is 0. The van der Waals surface area contributed by atoms with Crippen LogP contribution in [0.5, 0.6) is 0 Å². The quantitative estimate of drug-likeness (QED) is 0.658. The second kappa shape index (κ2) is 8.02. The normalized spacial score (nSPS) is 18.7. The molecule has 29 heavy (non-hydrogen) atoms. The number of imide groups is 2. The number of urea groups is 1. The SMILES string of the molecule is C.CC(C)(C)NC(=O)NCc1cccc2c1C(=O)N([C@@H]1CCC(=O)NC1=O)C2=O. The van der Waals surface area contributed by atoms with Crippen LogP contribution in [-0.2, 0) is 16.1 Å². The number of hydrogen-bond acceptors (Lipinski definition) is 5. The molecule has 6 amide bonds. The van der Waals surface area contributed by atoms with Gasteiger partial charge in [-0.15, -0.1) is 0 Å². The van der Waals surface area contributed by atoms with Crippen molar-refractivity contribution >= 4 is 29.7 Å². The van der Waals surface area contributed by atoms with Crippen molar-refractivity contribution < 1.29 is 24.0 Å². The minimum atomic E-state index is -1.02. The molecule has 3 rings (SSSR count). The van der Waals surface area contributed by atoms with Crippen LogP contribution in [0.1, 0.15) is 67.3 Å². The second-order valence-corrected chi connectivity index (χ2v) is 7.84. The first-order valence-corrected chi connectivity index (χ1v) is 8.98. The van der Waals surface area contributed by atoms with Gasteiger partial charge < -0.3 is 10.6 Å². The number of carbonyl (C=O) groups is 5. The topological polar surface area (TPSA) is 125 Å². The molecule has 0 bridgehead atoms. The van der Waals surface area contributed by atoms with Crippen molar-refractivity contribution in [2.75, 3.05) is 0 Å². The Balaban J connectivity index is 0.00000300. The summed E-state index contributed by atoms with van der Waals surface area (Å²) in [5.74, 6) is -2.25. The van der Waals surface area contributed by atoms with Crippen LogP contribution in [0, 0.1) is 0 Å². The fourth-order valence-electron chi connectivity index (χ4n) is 3.29. The summed E-state index contributed by atoms with van der Waals surface area (Å²) in [6.45, 7) is 5.57. The van der Waals surface area contributed by atoms with Crippen LogP contribution >= 0.6 is 0 Å². The van der Waals surface area contributed by atoms with Gasteiger partial charge in [-0.05, 0) is 38.8 Å². The Kier molecular flexibility index (Phi) is 6.10. The fraction of sp³-hybridized carbons (Fsp3) is 0.450. The Morgan fingerprint density at radius 2 is 1.86 bits per heavy atom. The summed E-state index contributed by atoms with van der Waals surface area (Å²) in [5, 5.41) is 7.59. The molecule has 2 aliphatic rings. The van der Waals surface area contributed by atoms with Gasteiger partial charge in [0, 0.05) is 18.5 Å². The zero-order valence-corrected chi connectivity index (χ0v) is 15.9. The summed E-state index contributed by atoms with van der Waals surface area (Å²) >= 11 is 0. The maximum absolute atomic E-state index is 12.9. The molecule has 1 fully saturated rings. The van der Waals surface area contributed by atoms with E-state index in [1.54, 1.807) is 12.1 Å². The fourth-order valence-corrected chi connectivity index (χ4v) is 3.29. The highest BCUT2D eigenvalue weighted by molar-refractivity contribution is 6.24. The first-order valence-electron chi connectivity index (χ1n) is 8.98. The summed E-state index contributed by atoms with van der Waals surface area (Å²) in [7, 11) is 0. The predicted molar refractivity (Wildman–Crippen MR) is 105 cm³/mol. The maximum Gasteiger partial charge on any atom is 0.315 e. The lowest BCUT2D eigenvalue weighted by Crippen LogP contribution is -2.54. The average Bonchev–Trinajstić information content (AvgIpc) is 2.84. The highest BCUT2D eigenvalue weighted by Gasteiger charge is 2.45. The summed E-state index contributed by atoms with van der Waals surface area (Å²) in [4.78, 5) is 62.1. The smallest absolute Gasteiger partial charge is 0.315 e. The van der Waals surface area contributed by atoms with E-state index < -0.39 is 41.2 Å². The molecule has 1 saturated heterocycles. The monoisotopic (exact) mass is 402 g/mol. The van der Waals surface area contributed by atoms with Crippen LogP contribution in [0.2, 0.25) is 0 Å². The van der Waals surface area contributed by atoms with Crippen molar-refractivity contribution in [3.63, 3.8) is 0 Å². The number of rotatable bonds is 3. The lowest BCUT2D eigenvalue weighted by atomic mass is 10.0. The van der Waals surface area contributed by atoms with Gasteiger partial charge in [0.15, 0.2) is 0 Å². The first-order chi connectivity index (χ1) is 13.1. The number of nitrogens with zero attached hydrogens (tertiary/aromatic N) is 1. The van der Waals surface area contributed by atoms with Crippen LogP contribution in [0.4, 0.5) is 4.79 Å². The summed E-state index contributed by atoms with van der Waals surface area (Å²) in [6, 6.07) is 3.37. The van der Waals surface area contributed by atoms with Gasteiger partial charge in [0.05, 0.1) is 11.1 Å². The average molecular weight is 402 g/mol. The van der Waals surface area contributed by atoms with E-state index in [0.29, 0.717) is 5.56 Å². The van der Waals surface area contributed by atoms with Crippen molar-refractivity contribution in [2.45, 2.75) is 59.2 Å². The van der Waals surface area contributed by atoms with E-state index >= 15 is 0 Å². The summed E-state index contributed by atoms with van der Waals surface area (Å²) in [5.41, 5.74) is 0.421. The highest BCUT2D eigenvalue weighted by Crippen LogP contribution is 2.29. The largest absolute Gasteiger partial charge is 0.334 e. The van der Waals surface area contributed by atoms with Crippen molar-refractivity contribution in [1.29, 1.82) is 0 Å². The molecule has 0 spiro atoms. The van der Waals surface area contributed by atoms with Crippen molar-refractivity contribution in [1.82, 2.24) is 20.9 Å². The third-order valence-electron chi connectivity index (χ3n) is 4.48. The Morgan fingerprint density at radius 3 is 2.48 bits per heavy atom. The molecule has 0 unspecified atom stereocenters. The van der Waals surface area contributed by atoms with Crippen molar-refractivity contribution in [2.24, 2.45) is 0 Å². The van der Waals surface area contributed by atoms with Crippen LogP contribution in [0.15, 0.2) is 18.2 Å². The van der Waals surface area contributed by atoms with Gasteiger partial charge in [-0.3, -0.25) is 29.4 Å². The summed E-state index contributed by atoms with van der Waals surface area (Å²) in [6.07, 6.45) is 0.156. The van der Waals surface area contributed by atoms with Crippen molar-refractivity contribution in [3.8, 4) is 0 Å². The standard InChI is InChI=1S/C19H22N4O5.CH4/c1-19(2,3)22-18(28)20-9-10-5-4-6-11-14(10)17(27)23(16(11)26)12-7-8-13(24)21-15(12)25;/h4-6,12H,7-9H2,1-3H3,(H2,20,22,28)(H,21,24,25);1H4/t12-;/m1./s1. The molecule has 9 heteroatoms. The number of hydrogen-bond donors (Lipinski definition) is 3. The molecule has 0 radical (unpaired) electrons. The first kappa shape index (κ1) is 22.1.